The van der Waals surface area contributed by atoms with Crippen LogP contribution in [-0.4, -0.2) is 10.8 Å². The lowest BCUT2D eigenvalue weighted by molar-refractivity contribution is 0.548. The molecule has 1 aromatic carbocycles. The van der Waals surface area contributed by atoms with Crippen molar-refractivity contribution in [2.75, 3.05) is 5.75 Å². The van der Waals surface area contributed by atoms with Crippen molar-refractivity contribution in [1.29, 1.82) is 5.41 Å². The molecule has 130 valence electrons. The first-order valence-electron chi connectivity index (χ1n) is 9.61. The molecule has 1 nitrogen and oxygen atoms in total. The van der Waals surface area contributed by atoms with Gasteiger partial charge in [-0.3, -0.25) is 5.41 Å². The van der Waals surface area contributed by atoms with E-state index < -0.39 is 0 Å². The molecule has 0 unspecified atom stereocenters. The summed E-state index contributed by atoms with van der Waals surface area (Å²) >= 11 is 1.69. The van der Waals surface area contributed by atoms with E-state index in [0.29, 0.717) is 5.04 Å². The fourth-order valence-electron chi connectivity index (χ4n) is 2.79. The van der Waals surface area contributed by atoms with Crippen LogP contribution in [0.15, 0.2) is 30.3 Å². The number of thioether (sulfide) groups is 1. The van der Waals surface area contributed by atoms with E-state index in [9.17, 15) is 0 Å². The third-order valence-corrected chi connectivity index (χ3v) is 5.30. The molecule has 0 fully saturated rings. The second-order valence-electron chi connectivity index (χ2n) is 6.43. The molecule has 0 aromatic heterocycles. The highest BCUT2D eigenvalue weighted by Crippen LogP contribution is 2.16. The molecule has 23 heavy (non-hydrogen) atoms. The molecule has 1 aromatic rings. The molecule has 2 heteroatoms. The zero-order valence-electron chi connectivity index (χ0n) is 15.0. The lowest BCUT2D eigenvalue weighted by Gasteiger charge is -2.04. The average molecular weight is 334 g/mol. The lowest BCUT2D eigenvalue weighted by Crippen LogP contribution is -1.94. The quantitative estimate of drug-likeness (QED) is 0.213. The monoisotopic (exact) mass is 333 g/mol. The number of hydrogen-bond acceptors (Lipinski definition) is 2. The molecule has 1 N–H and O–H groups in total. The molecular weight excluding hydrogens is 298 g/mol. The third kappa shape index (κ3) is 11.4. The first-order chi connectivity index (χ1) is 11.3. The van der Waals surface area contributed by atoms with E-state index in [1.165, 1.54) is 77.0 Å². The Morgan fingerprint density at radius 2 is 1.22 bits per heavy atom. The van der Waals surface area contributed by atoms with E-state index in [0.717, 1.165) is 11.3 Å². The van der Waals surface area contributed by atoms with Gasteiger partial charge in [-0.1, -0.05) is 108 Å². The van der Waals surface area contributed by atoms with E-state index in [-0.39, 0.29) is 0 Å². The summed E-state index contributed by atoms with van der Waals surface area (Å²) < 4.78 is 0. The third-order valence-electron chi connectivity index (χ3n) is 4.28. The molecule has 0 aliphatic heterocycles. The largest absolute Gasteiger partial charge is 0.293 e. The van der Waals surface area contributed by atoms with Gasteiger partial charge in [-0.15, -0.1) is 11.8 Å². The number of nitrogens with one attached hydrogen (secondary N) is 1. The molecule has 0 bridgehead atoms. The molecule has 1 rings (SSSR count). The molecular formula is C21H35NS. The Morgan fingerprint density at radius 1 is 0.739 bits per heavy atom. The Balaban J connectivity index is 1.82. The van der Waals surface area contributed by atoms with Gasteiger partial charge in [0, 0.05) is 5.56 Å². The van der Waals surface area contributed by atoms with Crippen molar-refractivity contribution in [1.82, 2.24) is 0 Å². The van der Waals surface area contributed by atoms with Gasteiger partial charge >= 0.3 is 0 Å². The highest BCUT2D eigenvalue weighted by atomic mass is 32.2. The predicted octanol–water partition coefficient (Wildman–Crippen LogP) is 7.45. The number of benzene rings is 1. The van der Waals surface area contributed by atoms with Crippen LogP contribution < -0.4 is 0 Å². The summed E-state index contributed by atoms with van der Waals surface area (Å²) in [4.78, 5) is 0. The van der Waals surface area contributed by atoms with Gasteiger partial charge in [-0.05, 0) is 12.2 Å². The second kappa shape index (κ2) is 14.8. The molecule has 0 aliphatic carbocycles. The number of unbranched alkanes of at least 4 members (excludes halogenated alkanes) is 11. The maximum Gasteiger partial charge on any atom is 0.0942 e. The van der Waals surface area contributed by atoms with Gasteiger partial charge in [-0.2, -0.15) is 0 Å². The maximum absolute atomic E-state index is 8.05. The van der Waals surface area contributed by atoms with Crippen LogP contribution in [-0.2, 0) is 0 Å². The van der Waals surface area contributed by atoms with Gasteiger partial charge in [0.05, 0.1) is 5.04 Å². The average Bonchev–Trinajstić information content (AvgIpc) is 2.59. The van der Waals surface area contributed by atoms with Crippen molar-refractivity contribution in [2.24, 2.45) is 0 Å². The molecule has 0 saturated carbocycles. The zero-order chi connectivity index (χ0) is 16.6. The molecule has 0 amide bonds. The van der Waals surface area contributed by atoms with Crippen LogP contribution in [0.1, 0.15) is 89.5 Å². The Labute approximate surface area is 148 Å². The molecule has 0 atom stereocenters. The fraction of sp³-hybridized carbons (Fsp3) is 0.667. The lowest BCUT2D eigenvalue weighted by atomic mass is 10.1. The van der Waals surface area contributed by atoms with Gasteiger partial charge in [-0.25, -0.2) is 0 Å². The van der Waals surface area contributed by atoms with Crippen molar-refractivity contribution in [3.63, 3.8) is 0 Å². The first-order valence-corrected chi connectivity index (χ1v) is 10.6. The summed E-state index contributed by atoms with van der Waals surface area (Å²) in [5, 5.41) is 8.76. The second-order valence-corrected chi connectivity index (χ2v) is 7.54. The SMILES string of the molecule is CCCCCCCCCCCCCCSC(=N)c1ccccc1. The van der Waals surface area contributed by atoms with Crippen LogP contribution in [0.5, 0.6) is 0 Å². The van der Waals surface area contributed by atoms with Crippen LogP contribution in [0.3, 0.4) is 0 Å². The van der Waals surface area contributed by atoms with Crippen LogP contribution in [0, 0.1) is 5.41 Å². The Hall–Kier alpha value is -0.760. The molecule has 0 saturated heterocycles. The van der Waals surface area contributed by atoms with Crippen LogP contribution in [0.4, 0.5) is 0 Å². The standard InChI is InChI=1S/C21H35NS/c1-2-3-4-5-6-7-8-9-10-11-12-16-19-23-21(22)20-17-14-13-15-18-20/h13-15,17-18,22H,2-12,16,19H2,1H3. The Kier molecular flexibility index (Phi) is 13.1. The molecule has 0 spiro atoms. The normalized spacial score (nSPS) is 10.8. The maximum atomic E-state index is 8.05. The van der Waals surface area contributed by atoms with Crippen molar-refractivity contribution in [3.05, 3.63) is 35.9 Å². The summed E-state index contributed by atoms with van der Waals surface area (Å²) in [7, 11) is 0. The molecule has 0 aliphatic rings. The van der Waals surface area contributed by atoms with Gasteiger partial charge in [0.25, 0.3) is 0 Å². The Morgan fingerprint density at radius 3 is 1.74 bits per heavy atom. The van der Waals surface area contributed by atoms with E-state index in [1.807, 2.05) is 30.3 Å². The highest BCUT2D eigenvalue weighted by molar-refractivity contribution is 8.14. The summed E-state index contributed by atoms with van der Waals surface area (Å²) in [6.45, 7) is 2.28. The van der Waals surface area contributed by atoms with E-state index in [2.05, 4.69) is 6.92 Å². The van der Waals surface area contributed by atoms with E-state index in [4.69, 9.17) is 5.41 Å². The highest BCUT2D eigenvalue weighted by Gasteiger charge is 2.00. The predicted molar refractivity (Wildman–Crippen MR) is 107 cm³/mol. The van der Waals surface area contributed by atoms with Gasteiger partial charge in [0.15, 0.2) is 0 Å². The smallest absolute Gasteiger partial charge is 0.0942 e. The van der Waals surface area contributed by atoms with Gasteiger partial charge in [0.1, 0.15) is 0 Å². The molecule has 0 heterocycles. The zero-order valence-corrected chi connectivity index (χ0v) is 15.8. The summed E-state index contributed by atoms with van der Waals surface area (Å²) in [6, 6.07) is 10.1. The van der Waals surface area contributed by atoms with Crippen LogP contribution >= 0.6 is 11.8 Å². The minimum Gasteiger partial charge on any atom is -0.293 e. The molecule has 0 radical (unpaired) electrons. The van der Waals surface area contributed by atoms with Crippen molar-refractivity contribution < 1.29 is 0 Å². The van der Waals surface area contributed by atoms with Crippen molar-refractivity contribution >= 4 is 16.8 Å². The number of rotatable bonds is 14. The van der Waals surface area contributed by atoms with Crippen molar-refractivity contribution in [3.8, 4) is 0 Å². The minimum atomic E-state index is 0.716. The summed E-state index contributed by atoms with van der Waals surface area (Å²) in [5.74, 6) is 1.09. The number of hydrogen-bond donors (Lipinski definition) is 1. The fourth-order valence-corrected chi connectivity index (χ4v) is 3.65. The van der Waals surface area contributed by atoms with Gasteiger partial charge < -0.3 is 0 Å². The van der Waals surface area contributed by atoms with Crippen LogP contribution in [0.25, 0.3) is 0 Å². The minimum absolute atomic E-state index is 0.716. The first kappa shape index (κ1) is 20.3. The summed E-state index contributed by atoms with van der Waals surface area (Å²) in [6.07, 6.45) is 16.7. The van der Waals surface area contributed by atoms with Gasteiger partial charge in [0.2, 0.25) is 0 Å². The van der Waals surface area contributed by atoms with Crippen molar-refractivity contribution in [2.45, 2.75) is 84.0 Å². The topological polar surface area (TPSA) is 23.9 Å². The summed E-state index contributed by atoms with van der Waals surface area (Å²) in [5.41, 5.74) is 1.05. The Bertz CT molecular complexity index is 388. The van der Waals surface area contributed by atoms with Crippen LogP contribution in [0.2, 0.25) is 0 Å². The van der Waals surface area contributed by atoms with E-state index in [1.54, 1.807) is 11.8 Å². The van der Waals surface area contributed by atoms with E-state index >= 15 is 0 Å².